The Balaban J connectivity index is 4.57. The number of carbonyl (C=O) groups is 2. The molecule has 0 aromatic heterocycles. The van der Waals surface area contributed by atoms with Crippen molar-refractivity contribution in [2.45, 2.75) is 161 Å². The van der Waals surface area contributed by atoms with Crippen LogP contribution in [0.1, 0.15) is 149 Å². The summed E-state index contributed by atoms with van der Waals surface area (Å²) in [6.45, 7) is 3.91. The molecule has 0 saturated heterocycles. The largest absolute Gasteiger partial charge is 0.756 e. The maximum Gasteiger partial charge on any atom is 0.306 e. The van der Waals surface area contributed by atoms with Crippen molar-refractivity contribution < 1.29 is 47.2 Å². The second-order valence-corrected chi connectivity index (χ2v) is 17.3. The SMILES string of the molecule is CC/C=C\C/C=C\CC(O)/C=C/C=C\C/C=C\C/C=C\CCC(=O)O[C@H](COC(=O)CCCCCCC/C=C\CCCCCCCC)COP(=O)([O-])OCC[N+](C)(C)C. The molecule has 0 amide bonds. The second-order valence-electron chi connectivity index (χ2n) is 15.9. The molecule has 11 heteroatoms. The number of carbonyl (C=O) groups excluding carboxylic acids is 2. The van der Waals surface area contributed by atoms with Gasteiger partial charge in [0.05, 0.1) is 33.9 Å². The van der Waals surface area contributed by atoms with E-state index in [1.165, 1.54) is 44.9 Å². The molecule has 0 aliphatic carbocycles. The number of hydrogen-bond acceptors (Lipinski definition) is 9. The van der Waals surface area contributed by atoms with E-state index in [1.807, 2.05) is 69.8 Å². The zero-order valence-corrected chi connectivity index (χ0v) is 38.4. The van der Waals surface area contributed by atoms with Crippen molar-refractivity contribution in [3.63, 3.8) is 0 Å². The van der Waals surface area contributed by atoms with Crippen molar-refractivity contribution in [3.8, 4) is 0 Å². The van der Waals surface area contributed by atoms with Crippen molar-refractivity contribution in [2.24, 2.45) is 0 Å². The monoisotopic (exact) mass is 848 g/mol. The third-order valence-electron chi connectivity index (χ3n) is 8.99. The van der Waals surface area contributed by atoms with E-state index in [2.05, 4.69) is 44.2 Å². The summed E-state index contributed by atoms with van der Waals surface area (Å²) in [5.74, 6) is -0.980. The third-order valence-corrected chi connectivity index (χ3v) is 9.96. The van der Waals surface area contributed by atoms with Crippen molar-refractivity contribution in [3.05, 3.63) is 85.1 Å². The molecule has 0 fully saturated rings. The van der Waals surface area contributed by atoms with E-state index in [4.69, 9.17) is 18.5 Å². The highest BCUT2D eigenvalue weighted by molar-refractivity contribution is 7.45. The number of ether oxygens (including phenoxy) is 2. The fourth-order valence-electron chi connectivity index (χ4n) is 5.46. The van der Waals surface area contributed by atoms with E-state index in [0.29, 0.717) is 36.7 Å². The molecule has 0 aromatic rings. The van der Waals surface area contributed by atoms with Crippen LogP contribution in [-0.4, -0.2) is 81.2 Å². The highest BCUT2D eigenvalue weighted by Crippen LogP contribution is 2.38. The molecule has 0 spiro atoms. The van der Waals surface area contributed by atoms with Gasteiger partial charge in [0, 0.05) is 12.8 Å². The number of nitrogens with zero attached hydrogens (tertiary/aromatic N) is 1. The fourth-order valence-corrected chi connectivity index (χ4v) is 6.19. The number of likely N-dealkylation sites (N-methyl/N-ethyl adjacent to an activating group) is 1. The Hall–Kier alpha value is -2.85. The van der Waals surface area contributed by atoms with Gasteiger partial charge in [0.25, 0.3) is 7.82 Å². The van der Waals surface area contributed by atoms with Gasteiger partial charge in [-0.25, -0.2) is 0 Å². The van der Waals surface area contributed by atoms with Crippen molar-refractivity contribution in [1.29, 1.82) is 0 Å². The molecule has 10 nitrogen and oxygen atoms in total. The van der Waals surface area contributed by atoms with Crippen LogP contribution in [0.5, 0.6) is 0 Å². The number of unbranched alkanes of at least 4 members (excludes halogenated alkanes) is 11. The molecule has 0 heterocycles. The van der Waals surface area contributed by atoms with E-state index < -0.39 is 38.6 Å². The summed E-state index contributed by atoms with van der Waals surface area (Å²) in [4.78, 5) is 37.5. The van der Waals surface area contributed by atoms with E-state index in [0.717, 1.165) is 51.4 Å². The van der Waals surface area contributed by atoms with Gasteiger partial charge in [0.15, 0.2) is 6.10 Å². The van der Waals surface area contributed by atoms with E-state index in [9.17, 15) is 24.2 Å². The minimum absolute atomic E-state index is 0.0591. The van der Waals surface area contributed by atoms with Gasteiger partial charge < -0.3 is 33.0 Å². The van der Waals surface area contributed by atoms with Gasteiger partial charge in [-0.1, -0.05) is 150 Å². The van der Waals surface area contributed by atoms with Crippen LogP contribution in [0.25, 0.3) is 0 Å². The van der Waals surface area contributed by atoms with Gasteiger partial charge in [-0.3, -0.25) is 14.2 Å². The lowest BCUT2D eigenvalue weighted by atomic mass is 10.1. The molecular weight excluding hydrogens is 766 g/mol. The zero-order valence-electron chi connectivity index (χ0n) is 37.5. The first kappa shape index (κ1) is 56.1. The minimum atomic E-state index is -4.66. The quantitative estimate of drug-likeness (QED) is 0.0160. The van der Waals surface area contributed by atoms with E-state index >= 15 is 0 Å². The van der Waals surface area contributed by atoms with E-state index in [1.54, 1.807) is 6.08 Å². The van der Waals surface area contributed by atoms with Crippen molar-refractivity contribution in [1.82, 2.24) is 0 Å². The first-order valence-corrected chi connectivity index (χ1v) is 23.9. The minimum Gasteiger partial charge on any atom is -0.756 e. The van der Waals surface area contributed by atoms with Gasteiger partial charge in [0.1, 0.15) is 19.8 Å². The molecule has 3 atom stereocenters. The van der Waals surface area contributed by atoms with Crippen LogP contribution < -0.4 is 4.89 Å². The van der Waals surface area contributed by atoms with Crippen molar-refractivity contribution >= 4 is 19.8 Å². The molecule has 0 rings (SSSR count). The van der Waals surface area contributed by atoms with Gasteiger partial charge in [-0.15, -0.1) is 0 Å². The summed E-state index contributed by atoms with van der Waals surface area (Å²) < 4.78 is 33.8. The molecule has 1 N–H and O–H groups in total. The molecule has 2 unspecified atom stereocenters. The molecule has 0 aliphatic rings. The molecule has 338 valence electrons. The summed E-state index contributed by atoms with van der Waals surface area (Å²) >= 11 is 0. The second kappa shape index (κ2) is 39.3. The highest BCUT2D eigenvalue weighted by atomic mass is 31.2. The van der Waals surface area contributed by atoms with Crippen LogP contribution in [0.4, 0.5) is 0 Å². The summed E-state index contributed by atoms with van der Waals surface area (Å²) in [6, 6.07) is 0. The first-order valence-electron chi connectivity index (χ1n) is 22.4. The molecule has 0 aromatic carbocycles. The number of quaternary nitrogens is 1. The smallest absolute Gasteiger partial charge is 0.306 e. The fraction of sp³-hybridized carbons (Fsp3) is 0.667. The Kier molecular flexibility index (Phi) is 37.4. The van der Waals surface area contributed by atoms with Crippen LogP contribution in [0.15, 0.2) is 85.1 Å². The highest BCUT2D eigenvalue weighted by Gasteiger charge is 2.21. The topological polar surface area (TPSA) is 131 Å². The summed E-state index contributed by atoms with van der Waals surface area (Å²) in [6.07, 6.45) is 46.5. The zero-order chi connectivity index (χ0) is 43.7. The number of aliphatic hydroxyl groups is 1. The molecule has 0 saturated carbocycles. The Morgan fingerprint density at radius 3 is 1.88 bits per heavy atom. The Morgan fingerprint density at radius 2 is 1.22 bits per heavy atom. The maximum atomic E-state index is 12.7. The van der Waals surface area contributed by atoms with E-state index in [-0.39, 0.29) is 26.1 Å². The molecule has 59 heavy (non-hydrogen) atoms. The summed E-state index contributed by atoms with van der Waals surface area (Å²) in [7, 11) is 1.07. The molecule has 0 radical (unpaired) electrons. The van der Waals surface area contributed by atoms with Gasteiger partial charge >= 0.3 is 11.9 Å². The Morgan fingerprint density at radius 1 is 0.644 bits per heavy atom. The van der Waals surface area contributed by atoms with Gasteiger partial charge in [0.2, 0.25) is 0 Å². The molecular formula is C48H82NO9P. The number of phosphoric acid groups is 1. The maximum absolute atomic E-state index is 12.7. The lowest BCUT2D eigenvalue weighted by Gasteiger charge is -2.28. The van der Waals surface area contributed by atoms with Crippen LogP contribution in [0.3, 0.4) is 0 Å². The predicted octanol–water partition coefficient (Wildman–Crippen LogP) is 11.1. The Labute approximate surface area is 359 Å². The van der Waals surface area contributed by atoms with Crippen LogP contribution in [0.2, 0.25) is 0 Å². The van der Waals surface area contributed by atoms with Gasteiger partial charge in [-0.2, -0.15) is 0 Å². The molecule has 0 bridgehead atoms. The standard InChI is InChI=1S/C48H82NO9P/c1-6-8-10-12-14-15-16-17-18-19-20-24-27-31-35-39-47(51)55-43-46(44-57-59(53,54)56-42-41-49(3,4)5)58-48(52)40-36-32-28-25-22-21-23-26-30-34-38-45(50)37-33-29-13-11-9-7-2/h9,11,17-18,21-22,26,28-30,32-34,38,45-46,50H,6-8,10,12-16,19-20,23-25,27,31,35-37,39-44H2,1-5H3/b11-9-,18-17-,22-21-,30-26-,32-28-,33-29-,38-34+/t45?,46-/m1/s1. The average molecular weight is 848 g/mol. The number of rotatable bonds is 39. The lowest BCUT2D eigenvalue weighted by molar-refractivity contribution is -0.870. The van der Waals surface area contributed by atoms with Gasteiger partial charge in [-0.05, 0) is 70.6 Å². The lowest BCUT2D eigenvalue weighted by Crippen LogP contribution is -2.37. The van der Waals surface area contributed by atoms with Crippen molar-refractivity contribution in [2.75, 3.05) is 47.5 Å². The summed E-state index contributed by atoms with van der Waals surface area (Å²) in [5, 5.41) is 10.0. The van der Waals surface area contributed by atoms with Crippen LogP contribution >= 0.6 is 7.82 Å². The first-order chi connectivity index (χ1) is 28.4. The predicted molar refractivity (Wildman–Crippen MR) is 242 cm³/mol. The Bertz CT molecular complexity index is 1300. The van der Waals surface area contributed by atoms with Crippen LogP contribution in [-0.2, 0) is 32.7 Å². The number of allylic oxidation sites excluding steroid dienone is 12. The average Bonchev–Trinajstić information content (AvgIpc) is 3.18. The normalized spacial score (nSPS) is 14.9. The number of esters is 2. The number of phosphoric ester groups is 1. The summed E-state index contributed by atoms with van der Waals surface area (Å²) in [5.41, 5.74) is 0. The molecule has 0 aliphatic heterocycles. The van der Waals surface area contributed by atoms with Crippen LogP contribution in [0, 0.1) is 0 Å². The number of hydrogen-bond donors (Lipinski definition) is 1. The third kappa shape index (κ3) is 43.1. The number of aliphatic hydroxyl groups excluding tert-OH is 1.